The van der Waals surface area contributed by atoms with Crippen LogP contribution in [-0.4, -0.2) is 5.78 Å². The van der Waals surface area contributed by atoms with Gasteiger partial charge in [-0.25, -0.2) is 0 Å². The van der Waals surface area contributed by atoms with Crippen molar-refractivity contribution >= 4 is 11.9 Å². The van der Waals surface area contributed by atoms with Gasteiger partial charge in [-0.1, -0.05) is 49.4 Å². The lowest BCUT2D eigenvalue weighted by Gasteiger charge is -2.39. The summed E-state index contributed by atoms with van der Waals surface area (Å²) in [6.45, 7) is 2.23. The van der Waals surface area contributed by atoms with E-state index in [4.69, 9.17) is 0 Å². The Labute approximate surface area is 95.5 Å². The van der Waals surface area contributed by atoms with Crippen LogP contribution in [0.5, 0.6) is 0 Å². The number of fused-ring (bicyclic) bond motifs is 3. The first-order valence-corrected chi connectivity index (χ1v) is 5.70. The SMILES string of the molecule is C[C@]12C=CC(=O)C[C@H]1C=Cc1ccccc12. The van der Waals surface area contributed by atoms with Gasteiger partial charge in [0.2, 0.25) is 0 Å². The molecule has 2 aliphatic rings. The molecule has 0 heterocycles. The predicted octanol–water partition coefficient (Wildman–Crippen LogP) is 3.12. The number of benzene rings is 1. The molecule has 1 aromatic carbocycles. The van der Waals surface area contributed by atoms with Crippen molar-refractivity contribution in [2.75, 3.05) is 0 Å². The fourth-order valence-corrected chi connectivity index (χ4v) is 2.80. The van der Waals surface area contributed by atoms with Gasteiger partial charge in [-0.15, -0.1) is 0 Å². The lowest BCUT2D eigenvalue weighted by atomic mass is 9.63. The number of ketones is 1. The third-order valence-corrected chi connectivity index (χ3v) is 3.86. The van der Waals surface area contributed by atoms with Gasteiger partial charge in [0, 0.05) is 11.8 Å². The molecule has 80 valence electrons. The lowest BCUT2D eigenvalue weighted by molar-refractivity contribution is -0.116. The van der Waals surface area contributed by atoms with Crippen LogP contribution in [0.3, 0.4) is 0 Å². The molecule has 0 unspecified atom stereocenters. The van der Waals surface area contributed by atoms with E-state index in [1.807, 2.05) is 0 Å². The van der Waals surface area contributed by atoms with Crippen LogP contribution in [0.15, 0.2) is 42.5 Å². The maximum Gasteiger partial charge on any atom is 0.156 e. The molecule has 16 heavy (non-hydrogen) atoms. The van der Waals surface area contributed by atoms with Crippen LogP contribution in [0.4, 0.5) is 0 Å². The third kappa shape index (κ3) is 1.21. The van der Waals surface area contributed by atoms with E-state index in [-0.39, 0.29) is 11.2 Å². The smallest absolute Gasteiger partial charge is 0.156 e. The Kier molecular flexibility index (Phi) is 1.90. The summed E-state index contributed by atoms with van der Waals surface area (Å²) in [7, 11) is 0. The normalized spacial score (nSPS) is 31.1. The Morgan fingerprint density at radius 2 is 2.06 bits per heavy atom. The predicted molar refractivity (Wildman–Crippen MR) is 65.1 cm³/mol. The topological polar surface area (TPSA) is 17.1 Å². The number of hydrogen-bond acceptors (Lipinski definition) is 1. The zero-order chi connectivity index (χ0) is 11.2. The molecule has 0 fully saturated rings. The van der Waals surface area contributed by atoms with Crippen molar-refractivity contribution in [2.45, 2.75) is 18.8 Å². The van der Waals surface area contributed by atoms with Crippen LogP contribution in [0, 0.1) is 5.92 Å². The van der Waals surface area contributed by atoms with Crippen LogP contribution in [0.1, 0.15) is 24.5 Å². The van der Waals surface area contributed by atoms with Gasteiger partial charge in [0.25, 0.3) is 0 Å². The van der Waals surface area contributed by atoms with E-state index in [2.05, 4.69) is 49.4 Å². The summed E-state index contributed by atoms with van der Waals surface area (Å²) in [4.78, 5) is 11.5. The second kappa shape index (κ2) is 3.18. The van der Waals surface area contributed by atoms with E-state index in [0.717, 1.165) is 0 Å². The summed E-state index contributed by atoms with van der Waals surface area (Å²) >= 11 is 0. The van der Waals surface area contributed by atoms with E-state index in [1.165, 1.54) is 11.1 Å². The molecule has 3 rings (SSSR count). The highest BCUT2D eigenvalue weighted by Gasteiger charge is 2.38. The molecule has 0 aliphatic heterocycles. The molecule has 0 saturated heterocycles. The molecule has 0 aromatic heterocycles. The summed E-state index contributed by atoms with van der Waals surface area (Å²) in [5.41, 5.74) is 2.62. The highest BCUT2D eigenvalue weighted by molar-refractivity contribution is 5.92. The highest BCUT2D eigenvalue weighted by Crippen LogP contribution is 2.44. The summed E-state index contributed by atoms with van der Waals surface area (Å²) in [5, 5.41) is 0. The largest absolute Gasteiger partial charge is 0.295 e. The maximum atomic E-state index is 11.5. The Morgan fingerprint density at radius 1 is 1.25 bits per heavy atom. The zero-order valence-electron chi connectivity index (χ0n) is 9.31. The minimum atomic E-state index is -0.000741. The second-order valence-electron chi connectivity index (χ2n) is 4.84. The molecule has 0 N–H and O–H groups in total. The van der Waals surface area contributed by atoms with Gasteiger partial charge in [0.1, 0.15) is 0 Å². The number of carbonyl (C=O) groups excluding carboxylic acids is 1. The average Bonchev–Trinajstić information content (AvgIpc) is 2.31. The van der Waals surface area contributed by atoms with Crippen LogP contribution < -0.4 is 0 Å². The number of carbonyl (C=O) groups is 1. The van der Waals surface area contributed by atoms with Crippen molar-refractivity contribution < 1.29 is 4.79 Å². The van der Waals surface area contributed by atoms with E-state index in [0.29, 0.717) is 12.3 Å². The highest BCUT2D eigenvalue weighted by atomic mass is 16.1. The Hall–Kier alpha value is -1.63. The third-order valence-electron chi connectivity index (χ3n) is 3.86. The zero-order valence-corrected chi connectivity index (χ0v) is 9.31. The first-order valence-electron chi connectivity index (χ1n) is 5.70. The first kappa shape index (κ1) is 9.59. The summed E-state index contributed by atoms with van der Waals surface area (Å²) in [6.07, 6.45) is 8.79. The van der Waals surface area contributed by atoms with E-state index >= 15 is 0 Å². The summed E-state index contributed by atoms with van der Waals surface area (Å²) < 4.78 is 0. The quantitative estimate of drug-likeness (QED) is 0.643. The van der Waals surface area contributed by atoms with Crippen LogP contribution in [0.2, 0.25) is 0 Å². The van der Waals surface area contributed by atoms with Gasteiger partial charge < -0.3 is 0 Å². The van der Waals surface area contributed by atoms with Crippen LogP contribution in [0.25, 0.3) is 6.08 Å². The molecule has 2 aliphatic carbocycles. The second-order valence-corrected chi connectivity index (χ2v) is 4.84. The van der Waals surface area contributed by atoms with Crippen LogP contribution in [-0.2, 0) is 10.2 Å². The van der Waals surface area contributed by atoms with Gasteiger partial charge in [-0.05, 0) is 23.1 Å². The Bertz CT molecular complexity index is 510. The Morgan fingerprint density at radius 3 is 2.94 bits per heavy atom. The van der Waals surface area contributed by atoms with Gasteiger partial charge >= 0.3 is 0 Å². The van der Waals surface area contributed by atoms with Gasteiger partial charge in [-0.2, -0.15) is 0 Å². The van der Waals surface area contributed by atoms with Crippen molar-refractivity contribution in [1.29, 1.82) is 0 Å². The van der Waals surface area contributed by atoms with Crippen molar-refractivity contribution in [1.82, 2.24) is 0 Å². The number of allylic oxidation sites excluding steroid dienone is 3. The minimum Gasteiger partial charge on any atom is -0.295 e. The average molecular weight is 210 g/mol. The number of rotatable bonds is 0. The molecule has 0 spiro atoms. The van der Waals surface area contributed by atoms with Crippen molar-refractivity contribution in [2.24, 2.45) is 5.92 Å². The molecule has 0 amide bonds. The maximum absolute atomic E-state index is 11.5. The summed E-state index contributed by atoms with van der Waals surface area (Å²) in [6, 6.07) is 8.44. The van der Waals surface area contributed by atoms with Gasteiger partial charge in [0.15, 0.2) is 5.78 Å². The molecule has 1 aromatic rings. The fraction of sp³-hybridized carbons (Fsp3) is 0.267. The molecule has 2 atom stereocenters. The van der Waals surface area contributed by atoms with Crippen molar-refractivity contribution in [3.63, 3.8) is 0 Å². The minimum absolute atomic E-state index is 0.000741. The van der Waals surface area contributed by atoms with Crippen molar-refractivity contribution in [3.05, 3.63) is 53.6 Å². The van der Waals surface area contributed by atoms with Gasteiger partial charge in [-0.3, -0.25) is 4.79 Å². The van der Waals surface area contributed by atoms with Gasteiger partial charge in [0.05, 0.1) is 0 Å². The molecular weight excluding hydrogens is 196 g/mol. The molecular formula is C15H14O. The summed E-state index contributed by atoms with van der Waals surface area (Å²) in [5.74, 6) is 0.561. The van der Waals surface area contributed by atoms with E-state index in [9.17, 15) is 4.79 Å². The monoisotopic (exact) mass is 210 g/mol. The molecule has 1 nitrogen and oxygen atoms in total. The van der Waals surface area contributed by atoms with Crippen LogP contribution >= 0.6 is 0 Å². The fourth-order valence-electron chi connectivity index (χ4n) is 2.80. The lowest BCUT2D eigenvalue weighted by Crippen LogP contribution is -2.35. The molecule has 0 bridgehead atoms. The van der Waals surface area contributed by atoms with Crippen molar-refractivity contribution in [3.8, 4) is 0 Å². The molecule has 0 saturated carbocycles. The van der Waals surface area contributed by atoms with E-state index in [1.54, 1.807) is 6.08 Å². The standard InChI is InChI=1S/C15H14O/c1-15-9-8-13(16)10-12(15)7-6-11-4-2-3-5-14(11)15/h2-9,12H,10H2,1H3/t12-,15+/m1/s1. The molecule has 0 radical (unpaired) electrons. The molecule has 1 heteroatoms. The Balaban J connectivity index is 2.21. The first-order chi connectivity index (χ1) is 7.70. The number of hydrogen-bond donors (Lipinski definition) is 0. The van der Waals surface area contributed by atoms with E-state index < -0.39 is 0 Å².